The summed E-state index contributed by atoms with van der Waals surface area (Å²) in [5.41, 5.74) is 8.74. The van der Waals surface area contributed by atoms with E-state index in [2.05, 4.69) is 68.9 Å². The van der Waals surface area contributed by atoms with Crippen LogP contribution in [0.1, 0.15) is 16.7 Å². The van der Waals surface area contributed by atoms with E-state index in [9.17, 15) is 0 Å². The van der Waals surface area contributed by atoms with Gasteiger partial charge in [-0.05, 0) is 11.1 Å². The summed E-state index contributed by atoms with van der Waals surface area (Å²) in [5.74, 6) is 0. The molecule has 1 saturated heterocycles. The molecule has 5 heteroatoms. The first-order valence-corrected chi connectivity index (χ1v) is 10.1. The second-order valence-corrected chi connectivity index (χ2v) is 7.59. The fourth-order valence-corrected chi connectivity index (χ4v) is 4.18. The van der Waals surface area contributed by atoms with Crippen molar-refractivity contribution in [2.24, 2.45) is 0 Å². The van der Waals surface area contributed by atoms with Crippen molar-refractivity contribution in [3.63, 3.8) is 0 Å². The van der Waals surface area contributed by atoms with E-state index in [-0.39, 0.29) is 0 Å². The number of aromatic amines is 1. The first kappa shape index (κ1) is 17.6. The van der Waals surface area contributed by atoms with Crippen molar-refractivity contribution in [3.05, 3.63) is 65.2 Å². The molecule has 0 bridgehead atoms. The molecule has 144 valence electrons. The van der Waals surface area contributed by atoms with Gasteiger partial charge in [0, 0.05) is 55.8 Å². The number of aromatic nitrogens is 2. The molecule has 0 atom stereocenters. The number of rotatable bonds is 6. The second-order valence-electron chi connectivity index (χ2n) is 7.59. The minimum Gasteiger partial charge on any atom is -0.379 e. The molecule has 5 rings (SSSR count). The summed E-state index contributed by atoms with van der Waals surface area (Å²) in [4.78, 5) is 2.45. The number of ether oxygens (including phenoxy) is 1. The number of hydrogen-bond acceptors (Lipinski definition) is 4. The molecule has 28 heavy (non-hydrogen) atoms. The van der Waals surface area contributed by atoms with Crippen molar-refractivity contribution in [1.29, 1.82) is 0 Å². The Bertz CT molecular complexity index is 941. The number of nitrogens with zero attached hydrogens (tertiary/aromatic N) is 2. The maximum Gasteiger partial charge on any atom is 0.0962 e. The van der Waals surface area contributed by atoms with E-state index < -0.39 is 0 Å². The summed E-state index contributed by atoms with van der Waals surface area (Å²) in [6.45, 7) is 6.82. The van der Waals surface area contributed by atoms with Gasteiger partial charge in [0.25, 0.3) is 0 Å². The summed E-state index contributed by atoms with van der Waals surface area (Å²) in [6, 6.07) is 17.4. The lowest BCUT2D eigenvalue weighted by atomic mass is 10.0. The monoisotopic (exact) mass is 374 g/mol. The van der Waals surface area contributed by atoms with Crippen molar-refractivity contribution < 1.29 is 4.74 Å². The highest BCUT2D eigenvalue weighted by Crippen LogP contribution is 2.39. The zero-order chi connectivity index (χ0) is 18.8. The van der Waals surface area contributed by atoms with Crippen molar-refractivity contribution >= 4 is 0 Å². The number of H-pyrrole nitrogens is 1. The van der Waals surface area contributed by atoms with Crippen LogP contribution in [0.2, 0.25) is 0 Å². The topological polar surface area (TPSA) is 53.2 Å². The van der Waals surface area contributed by atoms with Crippen LogP contribution < -0.4 is 5.32 Å². The number of fused-ring (bicyclic) bond motifs is 3. The Balaban J connectivity index is 1.20. The molecule has 2 aliphatic rings. The van der Waals surface area contributed by atoms with Gasteiger partial charge >= 0.3 is 0 Å². The molecule has 2 heterocycles. The zero-order valence-electron chi connectivity index (χ0n) is 16.1. The van der Waals surface area contributed by atoms with E-state index in [0.29, 0.717) is 0 Å². The first-order chi connectivity index (χ1) is 13.9. The summed E-state index contributed by atoms with van der Waals surface area (Å²) < 4.78 is 5.39. The minimum atomic E-state index is 0.865. The van der Waals surface area contributed by atoms with Gasteiger partial charge in [-0.2, -0.15) is 5.10 Å². The van der Waals surface area contributed by atoms with Crippen LogP contribution in [0.25, 0.3) is 22.5 Å². The van der Waals surface area contributed by atoms with Gasteiger partial charge in [0.05, 0.1) is 24.6 Å². The summed E-state index contributed by atoms with van der Waals surface area (Å²) in [7, 11) is 0. The molecule has 5 nitrogen and oxygen atoms in total. The average Bonchev–Trinajstić information content (AvgIpc) is 3.32. The van der Waals surface area contributed by atoms with Gasteiger partial charge in [0.15, 0.2) is 0 Å². The third-order valence-corrected chi connectivity index (χ3v) is 5.79. The average molecular weight is 374 g/mol. The SMILES string of the molecule is c1ccc2c(c1)Cc1c(-c3ccc(CNCCN4CCOCC4)cc3)n[nH]c1-2. The molecule has 2 aromatic carbocycles. The Hall–Kier alpha value is -2.47. The molecule has 1 aromatic heterocycles. The standard InChI is InChI=1S/C23H26N4O/c1-2-4-20-19(3-1)15-21-22(25-26-23(20)21)18-7-5-17(6-8-18)16-24-9-10-27-11-13-28-14-12-27/h1-8,24H,9-16H2,(H,25,26). The lowest BCUT2D eigenvalue weighted by molar-refractivity contribution is 0.0384. The highest BCUT2D eigenvalue weighted by atomic mass is 16.5. The van der Waals surface area contributed by atoms with Crippen LogP contribution in [0.3, 0.4) is 0 Å². The van der Waals surface area contributed by atoms with Crippen LogP contribution in [-0.4, -0.2) is 54.5 Å². The number of hydrogen-bond donors (Lipinski definition) is 2. The molecule has 0 spiro atoms. The maximum atomic E-state index is 5.39. The highest BCUT2D eigenvalue weighted by Gasteiger charge is 2.24. The quantitative estimate of drug-likeness (QED) is 0.509. The van der Waals surface area contributed by atoms with Gasteiger partial charge in [0.1, 0.15) is 0 Å². The van der Waals surface area contributed by atoms with E-state index >= 15 is 0 Å². The Labute approximate surface area is 165 Å². The molecule has 2 N–H and O–H groups in total. The molecular formula is C23H26N4O. The molecule has 0 saturated carbocycles. The van der Waals surface area contributed by atoms with E-state index in [1.165, 1.54) is 33.5 Å². The molecular weight excluding hydrogens is 348 g/mol. The summed E-state index contributed by atoms with van der Waals surface area (Å²) in [6.07, 6.45) is 0.961. The maximum absolute atomic E-state index is 5.39. The number of morpholine rings is 1. The molecule has 1 aliphatic heterocycles. The first-order valence-electron chi connectivity index (χ1n) is 10.1. The minimum absolute atomic E-state index is 0.865. The molecule has 0 amide bonds. The predicted molar refractivity (Wildman–Crippen MR) is 111 cm³/mol. The number of nitrogens with one attached hydrogen (secondary N) is 2. The molecule has 0 radical (unpaired) electrons. The highest BCUT2D eigenvalue weighted by molar-refractivity contribution is 5.80. The Kier molecular flexibility index (Phi) is 4.95. The van der Waals surface area contributed by atoms with Crippen LogP contribution in [0, 0.1) is 0 Å². The van der Waals surface area contributed by atoms with Crippen LogP contribution in [0.4, 0.5) is 0 Å². The van der Waals surface area contributed by atoms with Crippen molar-refractivity contribution in [1.82, 2.24) is 20.4 Å². The third-order valence-electron chi connectivity index (χ3n) is 5.79. The largest absolute Gasteiger partial charge is 0.379 e. The van der Waals surface area contributed by atoms with Crippen LogP contribution >= 0.6 is 0 Å². The Morgan fingerprint density at radius 1 is 1.04 bits per heavy atom. The van der Waals surface area contributed by atoms with Gasteiger partial charge in [0.2, 0.25) is 0 Å². The summed E-state index contributed by atoms with van der Waals surface area (Å²) in [5, 5.41) is 11.4. The summed E-state index contributed by atoms with van der Waals surface area (Å²) >= 11 is 0. The molecule has 1 aliphatic carbocycles. The molecule has 0 unspecified atom stereocenters. The van der Waals surface area contributed by atoms with E-state index in [0.717, 1.165) is 58.1 Å². The van der Waals surface area contributed by atoms with E-state index in [4.69, 9.17) is 4.74 Å². The Morgan fingerprint density at radius 2 is 1.86 bits per heavy atom. The normalized spacial score (nSPS) is 16.1. The van der Waals surface area contributed by atoms with Gasteiger partial charge in [-0.1, -0.05) is 48.5 Å². The van der Waals surface area contributed by atoms with Crippen molar-refractivity contribution in [2.45, 2.75) is 13.0 Å². The smallest absolute Gasteiger partial charge is 0.0962 e. The fraction of sp³-hybridized carbons (Fsp3) is 0.348. The van der Waals surface area contributed by atoms with Gasteiger partial charge in [-0.3, -0.25) is 10.00 Å². The van der Waals surface area contributed by atoms with Crippen LogP contribution in [0.15, 0.2) is 48.5 Å². The number of benzene rings is 2. The van der Waals surface area contributed by atoms with Crippen molar-refractivity contribution in [3.8, 4) is 22.5 Å². The second kappa shape index (κ2) is 7.87. The van der Waals surface area contributed by atoms with Gasteiger partial charge in [-0.15, -0.1) is 0 Å². The lowest BCUT2D eigenvalue weighted by Crippen LogP contribution is -2.40. The molecule has 1 fully saturated rings. The molecule has 3 aromatic rings. The van der Waals surface area contributed by atoms with E-state index in [1.54, 1.807) is 0 Å². The predicted octanol–water partition coefficient (Wildman–Crippen LogP) is 3.07. The zero-order valence-corrected chi connectivity index (χ0v) is 16.1. The third kappa shape index (κ3) is 3.49. The van der Waals surface area contributed by atoms with Crippen LogP contribution in [0.5, 0.6) is 0 Å². The lowest BCUT2D eigenvalue weighted by Gasteiger charge is -2.26. The van der Waals surface area contributed by atoms with Gasteiger partial charge in [-0.25, -0.2) is 0 Å². The Morgan fingerprint density at radius 3 is 2.71 bits per heavy atom. The van der Waals surface area contributed by atoms with Gasteiger partial charge < -0.3 is 10.1 Å². The fourth-order valence-electron chi connectivity index (χ4n) is 4.18. The van der Waals surface area contributed by atoms with E-state index in [1.807, 2.05) is 0 Å². The van der Waals surface area contributed by atoms with Crippen molar-refractivity contribution in [2.75, 3.05) is 39.4 Å². The van der Waals surface area contributed by atoms with Crippen LogP contribution in [-0.2, 0) is 17.7 Å².